The van der Waals surface area contributed by atoms with Gasteiger partial charge < -0.3 is 15.2 Å². The maximum absolute atomic E-state index is 11.7. The fourth-order valence-corrected chi connectivity index (χ4v) is 1.61. The van der Waals surface area contributed by atoms with Crippen molar-refractivity contribution in [3.05, 3.63) is 28.5 Å². The normalized spacial score (nSPS) is 11.9. The number of amides is 1. The fraction of sp³-hybridized carbons (Fsp3) is 0.364. The molecule has 1 heterocycles. The molecular weight excluding hydrogens is 304 g/mol. The molecule has 2 N–H and O–H groups in total. The average molecular weight is 317 g/mol. The zero-order chi connectivity index (χ0) is 13.5. The van der Waals surface area contributed by atoms with E-state index >= 15 is 0 Å². The second kappa shape index (κ2) is 7.07. The first-order valence-corrected chi connectivity index (χ1v) is 5.97. The summed E-state index contributed by atoms with van der Waals surface area (Å²) in [6.07, 6.45) is -0.721. The molecule has 0 spiro atoms. The summed E-state index contributed by atoms with van der Waals surface area (Å²) in [6.45, 7) is 0.121. The van der Waals surface area contributed by atoms with E-state index in [2.05, 4.69) is 26.2 Å². The highest BCUT2D eigenvalue weighted by molar-refractivity contribution is 9.10. The third-order valence-corrected chi connectivity index (χ3v) is 2.62. The van der Waals surface area contributed by atoms with Crippen LogP contribution in [0.3, 0.4) is 0 Å². The molecule has 98 valence electrons. The van der Waals surface area contributed by atoms with E-state index in [1.807, 2.05) is 0 Å². The van der Waals surface area contributed by atoms with Gasteiger partial charge in [-0.1, -0.05) is 6.07 Å². The Balaban J connectivity index is 2.52. The molecule has 1 aromatic rings. The van der Waals surface area contributed by atoms with Gasteiger partial charge in [0.15, 0.2) is 0 Å². The number of ether oxygens (including phenoxy) is 1. The van der Waals surface area contributed by atoms with Crippen LogP contribution in [0.5, 0.6) is 0 Å². The van der Waals surface area contributed by atoms with Crippen molar-refractivity contribution in [2.75, 3.05) is 13.7 Å². The number of pyridine rings is 1. The van der Waals surface area contributed by atoms with Crippen LogP contribution in [0.2, 0.25) is 0 Å². The van der Waals surface area contributed by atoms with E-state index < -0.39 is 12.1 Å². The van der Waals surface area contributed by atoms with Gasteiger partial charge in [-0.2, -0.15) is 0 Å². The molecule has 0 aliphatic heterocycles. The maximum atomic E-state index is 11.7. The van der Waals surface area contributed by atoms with Gasteiger partial charge in [-0.15, -0.1) is 0 Å². The Morgan fingerprint density at radius 1 is 1.56 bits per heavy atom. The Bertz CT molecular complexity index is 439. The first-order valence-electron chi connectivity index (χ1n) is 5.18. The SMILES string of the molecule is COC(CNC(=O)c1cccc(Br)n1)CC(=O)O. The second-order valence-corrected chi connectivity index (χ2v) is 4.32. The minimum atomic E-state index is -0.975. The molecule has 0 aliphatic rings. The number of aromatic nitrogens is 1. The predicted octanol–water partition coefficient (Wildman–Crippen LogP) is 1.06. The summed E-state index contributed by atoms with van der Waals surface area (Å²) in [7, 11) is 1.40. The van der Waals surface area contributed by atoms with Gasteiger partial charge in [-0.25, -0.2) is 4.98 Å². The Morgan fingerprint density at radius 2 is 2.28 bits per heavy atom. The van der Waals surface area contributed by atoms with E-state index in [0.29, 0.717) is 4.60 Å². The summed E-state index contributed by atoms with van der Waals surface area (Å²) in [5, 5.41) is 11.2. The highest BCUT2D eigenvalue weighted by Gasteiger charge is 2.14. The number of carbonyl (C=O) groups is 2. The zero-order valence-corrected chi connectivity index (χ0v) is 11.3. The van der Waals surface area contributed by atoms with Crippen LogP contribution in [0.1, 0.15) is 16.9 Å². The van der Waals surface area contributed by atoms with Crippen LogP contribution in [0.4, 0.5) is 0 Å². The molecule has 1 aromatic heterocycles. The standard InChI is InChI=1S/C11H13BrN2O4/c1-18-7(5-10(15)16)6-13-11(17)8-3-2-4-9(12)14-8/h2-4,7H,5-6H2,1H3,(H,13,17)(H,15,16). The van der Waals surface area contributed by atoms with E-state index in [0.717, 1.165) is 0 Å². The van der Waals surface area contributed by atoms with Crippen molar-refractivity contribution in [2.24, 2.45) is 0 Å². The molecule has 1 rings (SSSR count). The summed E-state index contributed by atoms with van der Waals surface area (Å²) in [4.78, 5) is 26.2. The highest BCUT2D eigenvalue weighted by atomic mass is 79.9. The summed E-state index contributed by atoms with van der Waals surface area (Å²) in [6, 6.07) is 4.97. The number of nitrogens with zero attached hydrogens (tertiary/aromatic N) is 1. The number of carbonyl (C=O) groups excluding carboxylic acids is 1. The molecule has 1 unspecified atom stereocenters. The number of halogens is 1. The Labute approximate surface area is 112 Å². The number of carboxylic acids is 1. The monoisotopic (exact) mass is 316 g/mol. The van der Waals surface area contributed by atoms with Crippen LogP contribution in [-0.4, -0.2) is 41.7 Å². The first kappa shape index (κ1) is 14.6. The maximum Gasteiger partial charge on any atom is 0.306 e. The molecular formula is C11H13BrN2O4. The van der Waals surface area contributed by atoms with Gasteiger partial charge in [0.1, 0.15) is 10.3 Å². The summed E-state index contributed by atoms with van der Waals surface area (Å²) >= 11 is 3.16. The van der Waals surface area contributed by atoms with Gasteiger partial charge >= 0.3 is 5.97 Å². The first-order chi connectivity index (χ1) is 8.52. The lowest BCUT2D eigenvalue weighted by Crippen LogP contribution is -2.34. The highest BCUT2D eigenvalue weighted by Crippen LogP contribution is 2.06. The molecule has 0 aliphatic carbocycles. The third-order valence-electron chi connectivity index (χ3n) is 2.17. The van der Waals surface area contributed by atoms with Crippen LogP contribution < -0.4 is 5.32 Å². The number of hydrogen-bond acceptors (Lipinski definition) is 4. The van der Waals surface area contributed by atoms with Gasteiger partial charge in [0.25, 0.3) is 5.91 Å². The van der Waals surface area contributed by atoms with Crippen molar-refractivity contribution < 1.29 is 19.4 Å². The molecule has 0 saturated carbocycles. The summed E-state index contributed by atoms with van der Waals surface area (Å²) in [5.41, 5.74) is 0.259. The number of hydrogen-bond donors (Lipinski definition) is 2. The third kappa shape index (κ3) is 4.80. The van der Waals surface area contributed by atoms with Crippen molar-refractivity contribution in [2.45, 2.75) is 12.5 Å². The quantitative estimate of drug-likeness (QED) is 0.766. The molecule has 0 saturated heterocycles. The lowest BCUT2D eigenvalue weighted by Gasteiger charge is -2.13. The lowest BCUT2D eigenvalue weighted by molar-refractivity contribution is -0.139. The number of methoxy groups -OCH3 is 1. The summed E-state index contributed by atoms with van der Waals surface area (Å²) in [5.74, 6) is -1.35. The molecule has 0 aromatic carbocycles. The predicted molar refractivity (Wildman–Crippen MR) is 67.3 cm³/mol. The van der Waals surface area contributed by atoms with Crippen molar-refractivity contribution in [1.29, 1.82) is 0 Å². The molecule has 6 nitrogen and oxygen atoms in total. The van der Waals surface area contributed by atoms with Crippen LogP contribution in [-0.2, 0) is 9.53 Å². The van der Waals surface area contributed by atoms with Crippen molar-refractivity contribution in [1.82, 2.24) is 10.3 Å². The van der Waals surface area contributed by atoms with Gasteiger partial charge in [0.2, 0.25) is 0 Å². The second-order valence-electron chi connectivity index (χ2n) is 3.51. The van der Waals surface area contributed by atoms with E-state index in [1.54, 1.807) is 18.2 Å². The fourth-order valence-electron chi connectivity index (χ4n) is 1.27. The number of rotatable bonds is 6. The average Bonchev–Trinajstić information content (AvgIpc) is 2.33. The molecule has 0 fully saturated rings. The Hall–Kier alpha value is -1.47. The molecule has 1 atom stereocenters. The number of nitrogens with one attached hydrogen (secondary N) is 1. The van der Waals surface area contributed by atoms with Crippen LogP contribution >= 0.6 is 15.9 Å². The lowest BCUT2D eigenvalue weighted by atomic mass is 10.2. The van der Waals surface area contributed by atoms with Crippen LogP contribution in [0.25, 0.3) is 0 Å². The molecule has 0 bridgehead atoms. The van der Waals surface area contributed by atoms with Crippen molar-refractivity contribution in [3.8, 4) is 0 Å². The number of aliphatic carboxylic acids is 1. The Morgan fingerprint density at radius 3 is 2.83 bits per heavy atom. The van der Waals surface area contributed by atoms with Gasteiger partial charge in [0.05, 0.1) is 12.5 Å². The Kier molecular flexibility index (Phi) is 5.73. The van der Waals surface area contributed by atoms with Crippen LogP contribution in [0.15, 0.2) is 22.8 Å². The molecule has 0 radical (unpaired) electrons. The van der Waals surface area contributed by atoms with Gasteiger partial charge in [-0.3, -0.25) is 9.59 Å². The van der Waals surface area contributed by atoms with Gasteiger partial charge in [-0.05, 0) is 28.1 Å². The zero-order valence-electron chi connectivity index (χ0n) is 9.72. The largest absolute Gasteiger partial charge is 0.481 e. The van der Waals surface area contributed by atoms with E-state index in [9.17, 15) is 9.59 Å². The summed E-state index contributed by atoms with van der Waals surface area (Å²) < 4.78 is 5.51. The topological polar surface area (TPSA) is 88.5 Å². The van der Waals surface area contributed by atoms with E-state index in [4.69, 9.17) is 9.84 Å². The molecule has 1 amide bonds. The number of carboxylic acid groups (broad SMARTS) is 1. The van der Waals surface area contributed by atoms with E-state index in [-0.39, 0.29) is 24.6 Å². The van der Waals surface area contributed by atoms with E-state index in [1.165, 1.54) is 7.11 Å². The van der Waals surface area contributed by atoms with Gasteiger partial charge in [0, 0.05) is 13.7 Å². The van der Waals surface area contributed by atoms with Crippen molar-refractivity contribution in [3.63, 3.8) is 0 Å². The minimum Gasteiger partial charge on any atom is -0.481 e. The van der Waals surface area contributed by atoms with Crippen molar-refractivity contribution >= 4 is 27.8 Å². The molecule has 7 heteroatoms. The minimum absolute atomic E-state index is 0.121. The molecule has 18 heavy (non-hydrogen) atoms. The van der Waals surface area contributed by atoms with Crippen LogP contribution in [0, 0.1) is 0 Å². The smallest absolute Gasteiger partial charge is 0.306 e.